The minimum atomic E-state index is -1.47. The number of hydrogen-bond acceptors (Lipinski definition) is 4. The minimum absolute atomic E-state index is 0.118. The SMILES string of the molecule is C=C/C=C(\C=C)N1CCN(C(=O)c2ccc(N(Cc3ccc(Cl)cc3)S(=O)c3ccccc3)cn2)CC1. The topological polar surface area (TPSA) is 56.8 Å². The van der Waals surface area contributed by atoms with E-state index in [9.17, 15) is 9.00 Å². The molecule has 6 nitrogen and oxygen atoms in total. The number of anilines is 1. The average molecular weight is 533 g/mol. The molecule has 2 aromatic carbocycles. The Morgan fingerprint density at radius 2 is 1.65 bits per heavy atom. The first-order valence-electron chi connectivity index (χ1n) is 11.9. The number of nitrogens with zero attached hydrogens (tertiary/aromatic N) is 4. The Balaban J connectivity index is 1.50. The van der Waals surface area contributed by atoms with E-state index in [0.717, 1.165) is 11.3 Å². The third-order valence-electron chi connectivity index (χ3n) is 6.07. The summed E-state index contributed by atoms with van der Waals surface area (Å²) in [5.41, 5.74) is 2.97. The molecule has 37 heavy (non-hydrogen) atoms. The Hall–Kier alpha value is -3.68. The third-order valence-corrected chi connectivity index (χ3v) is 7.74. The molecule has 190 valence electrons. The van der Waals surface area contributed by atoms with Crippen LogP contribution in [-0.4, -0.2) is 51.1 Å². The van der Waals surface area contributed by atoms with Gasteiger partial charge in [0.1, 0.15) is 5.69 Å². The molecule has 1 fully saturated rings. The number of aromatic nitrogens is 1. The highest BCUT2D eigenvalue weighted by Crippen LogP contribution is 2.24. The van der Waals surface area contributed by atoms with Crippen LogP contribution in [0.2, 0.25) is 5.02 Å². The maximum Gasteiger partial charge on any atom is 0.272 e. The summed E-state index contributed by atoms with van der Waals surface area (Å²) in [6.07, 6.45) is 7.07. The number of carbonyl (C=O) groups excluding carboxylic acids is 1. The van der Waals surface area contributed by atoms with Gasteiger partial charge >= 0.3 is 0 Å². The smallest absolute Gasteiger partial charge is 0.272 e. The van der Waals surface area contributed by atoms with Crippen molar-refractivity contribution >= 4 is 34.2 Å². The van der Waals surface area contributed by atoms with Gasteiger partial charge in [0, 0.05) is 36.9 Å². The maximum atomic E-state index is 13.5. The van der Waals surface area contributed by atoms with E-state index in [2.05, 4.69) is 23.0 Å². The molecule has 1 aliphatic heterocycles. The van der Waals surface area contributed by atoms with Crippen LogP contribution in [0.4, 0.5) is 5.69 Å². The van der Waals surface area contributed by atoms with Crippen LogP contribution >= 0.6 is 11.6 Å². The summed E-state index contributed by atoms with van der Waals surface area (Å²) in [4.78, 5) is 22.3. The standard InChI is InChI=1S/C29H29ClN4O2S/c1-3-8-25(4-2)32-17-19-33(20-18-32)29(35)28-16-15-26(21-31-28)34(22-23-11-13-24(30)14-12-23)37(36)27-9-6-5-7-10-27/h3-16,21H,1-2,17-20,22H2/b25-8+. The van der Waals surface area contributed by atoms with Crippen molar-refractivity contribution in [3.05, 3.63) is 126 Å². The number of hydrogen-bond donors (Lipinski definition) is 0. The first-order valence-corrected chi connectivity index (χ1v) is 13.4. The monoisotopic (exact) mass is 532 g/mol. The van der Waals surface area contributed by atoms with E-state index in [1.807, 2.05) is 60.7 Å². The molecule has 1 aromatic heterocycles. The van der Waals surface area contributed by atoms with Crippen molar-refractivity contribution in [3.63, 3.8) is 0 Å². The molecule has 3 aromatic rings. The van der Waals surface area contributed by atoms with E-state index >= 15 is 0 Å². The number of piperazine rings is 1. The molecule has 0 spiro atoms. The number of rotatable bonds is 9. The van der Waals surface area contributed by atoms with Crippen molar-refractivity contribution in [2.24, 2.45) is 0 Å². The summed E-state index contributed by atoms with van der Waals surface area (Å²) in [5, 5.41) is 0.641. The Bertz CT molecular complexity index is 1290. The zero-order chi connectivity index (χ0) is 26.2. The molecule has 0 bridgehead atoms. The molecule has 1 saturated heterocycles. The van der Waals surface area contributed by atoms with E-state index < -0.39 is 11.0 Å². The molecule has 0 aliphatic carbocycles. The minimum Gasteiger partial charge on any atom is -0.368 e. The average Bonchev–Trinajstić information content (AvgIpc) is 2.95. The largest absolute Gasteiger partial charge is 0.368 e. The van der Waals surface area contributed by atoms with E-state index in [4.69, 9.17) is 11.6 Å². The van der Waals surface area contributed by atoms with Gasteiger partial charge in [0.15, 0.2) is 11.0 Å². The Morgan fingerprint density at radius 3 is 2.24 bits per heavy atom. The van der Waals surface area contributed by atoms with Crippen LogP contribution in [0.15, 0.2) is 115 Å². The van der Waals surface area contributed by atoms with Crippen molar-refractivity contribution in [3.8, 4) is 0 Å². The van der Waals surface area contributed by atoms with Crippen molar-refractivity contribution < 1.29 is 9.00 Å². The summed E-state index contributed by atoms with van der Waals surface area (Å²) in [5.74, 6) is -0.118. The lowest BCUT2D eigenvalue weighted by molar-refractivity contribution is 0.0667. The first-order chi connectivity index (χ1) is 18.0. The molecule has 0 saturated carbocycles. The van der Waals surface area contributed by atoms with Gasteiger partial charge in [-0.05, 0) is 54.1 Å². The molecule has 0 radical (unpaired) electrons. The molecule has 4 rings (SSSR count). The second-order valence-corrected chi connectivity index (χ2v) is 10.3. The van der Waals surface area contributed by atoms with Gasteiger partial charge < -0.3 is 9.80 Å². The number of benzene rings is 2. The Labute approximate surface area is 225 Å². The van der Waals surface area contributed by atoms with Crippen LogP contribution in [0, 0.1) is 0 Å². The lowest BCUT2D eigenvalue weighted by Gasteiger charge is -2.36. The Kier molecular flexibility index (Phi) is 8.93. The van der Waals surface area contributed by atoms with E-state index in [1.54, 1.807) is 39.7 Å². The quantitative estimate of drug-likeness (QED) is 0.342. The summed E-state index contributed by atoms with van der Waals surface area (Å²) < 4.78 is 15.3. The number of halogens is 1. The molecular weight excluding hydrogens is 504 g/mol. The van der Waals surface area contributed by atoms with Crippen LogP contribution < -0.4 is 4.31 Å². The molecular formula is C29H29ClN4O2S. The van der Waals surface area contributed by atoms with Crippen molar-refractivity contribution in [2.75, 3.05) is 30.5 Å². The fraction of sp³-hybridized carbons (Fsp3) is 0.172. The van der Waals surface area contributed by atoms with E-state index in [-0.39, 0.29) is 5.91 Å². The lowest BCUT2D eigenvalue weighted by atomic mass is 10.2. The van der Waals surface area contributed by atoms with Crippen molar-refractivity contribution in [1.29, 1.82) is 0 Å². The van der Waals surface area contributed by atoms with Crippen molar-refractivity contribution in [2.45, 2.75) is 11.4 Å². The lowest BCUT2D eigenvalue weighted by Crippen LogP contribution is -2.48. The second kappa shape index (κ2) is 12.5. The van der Waals surface area contributed by atoms with E-state index in [0.29, 0.717) is 54.0 Å². The normalized spacial score (nSPS) is 14.7. The van der Waals surface area contributed by atoms with Gasteiger partial charge in [-0.1, -0.05) is 61.2 Å². The number of allylic oxidation sites excluding steroid dienone is 3. The molecule has 2 heterocycles. The maximum absolute atomic E-state index is 13.5. The van der Waals surface area contributed by atoms with Gasteiger partial charge in [-0.15, -0.1) is 0 Å². The van der Waals surface area contributed by atoms with Gasteiger partial charge in [0.05, 0.1) is 23.3 Å². The fourth-order valence-corrected chi connectivity index (χ4v) is 5.41. The summed E-state index contributed by atoms with van der Waals surface area (Å²) in [6.45, 7) is 10.6. The van der Waals surface area contributed by atoms with Crippen LogP contribution in [0.25, 0.3) is 0 Å². The predicted molar refractivity (Wildman–Crippen MR) is 151 cm³/mol. The molecule has 1 amide bonds. The van der Waals surface area contributed by atoms with Gasteiger partial charge in [-0.25, -0.2) is 9.19 Å². The molecule has 1 aliphatic rings. The molecule has 1 atom stereocenters. The predicted octanol–water partition coefficient (Wildman–Crippen LogP) is 5.48. The zero-order valence-corrected chi connectivity index (χ0v) is 22.1. The number of amides is 1. The number of pyridine rings is 1. The summed E-state index contributed by atoms with van der Waals surface area (Å²) >= 11 is 6.05. The van der Waals surface area contributed by atoms with Gasteiger partial charge in [-0.3, -0.25) is 9.10 Å². The highest BCUT2D eigenvalue weighted by atomic mass is 35.5. The van der Waals surface area contributed by atoms with Gasteiger partial charge in [-0.2, -0.15) is 0 Å². The zero-order valence-electron chi connectivity index (χ0n) is 20.5. The van der Waals surface area contributed by atoms with Crippen LogP contribution in [0.1, 0.15) is 16.1 Å². The highest BCUT2D eigenvalue weighted by molar-refractivity contribution is 7.86. The van der Waals surface area contributed by atoms with E-state index in [1.165, 1.54) is 0 Å². The fourth-order valence-electron chi connectivity index (χ4n) is 4.08. The third kappa shape index (κ3) is 6.56. The number of carbonyl (C=O) groups is 1. The van der Waals surface area contributed by atoms with Crippen LogP contribution in [0.5, 0.6) is 0 Å². The van der Waals surface area contributed by atoms with Crippen LogP contribution in [0.3, 0.4) is 0 Å². The summed E-state index contributed by atoms with van der Waals surface area (Å²) in [7, 11) is -1.47. The Morgan fingerprint density at radius 1 is 0.973 bits per heavy atom. The molecule has 8 heteroatoms. The molecule has 0 N–H and O–H groups in total. The highest BCUT2D eigenvalue weighted by Gasteiger charge is 2.24. The first kappa shape index (κ1) is 26.4. The second-order valence-electron chi connectivity index (χ2n) is 8.44. The van der Waals surface area contributed by atoms with Crippen LogP contribution in [-0.2, 0) is 17.5 Å². The van der Waals surface area contributed by atoms with Crippen molar-refractivity contribution in [1.82, 2.24) is 14.8 Å². The summed E-state index contributed by atoms with van der Waals surface area (Å²) in [6, 6.07) is 20.2. The van der Waals surface area contributed by atoms with Gasteiger partial charge in [0.2, 0.25) is 0 Å². The molecule has 1 unspecified atom stereocenters. The van der Waals surface area contributed by atoms with Gasteiger partial charge in [0.25, 0.3) is 5.91 Å².